The zero-order chi connectivity index (χ0) is 17.2. The van der Waals surface area contributed by atoms with Crippen LogP contribution >= 0.6 is 0 Å². The van der Waals surface area contributed by atoms with Crippen molar-refractivity contribution >= 4 is 5.96 Å². The summed E-state index contributed by atoms with van der Waals surface area (Å²) in [6.07, 6.45) is 2.43. The lowest BCUT2D eigenvalue weighted by atomic mass is 10.2. The summed E-state index contributed by atoms with van der Waals surface area (Å²) in [5.74, 6) is 0.971. The predicted molar refractivity (Wildman–Crippen MR) is 102 cm³/mol. The lowest BCUT2D eigenvalue weighted by Gasteiger charge is -2.32. The van der Waals surface area contributed by atoms with Gasteiger partial charge >= 0.3 is 0 Å². The number of aliphatic imine (C=N–C) groups is 1. The van der Waals surface area contributed by atoms with Gasteiger partial charge in [0.2, 0.25) is 0 Å². The minimum absolute atomic E-state index is 0.877. The molecule has 0 spiro atoms. The van der Waals surface area contributed by atoms with Gasteiger partial charge in [0.1, 0.15) is 0 Å². The van der Waals surface area contributed by atoms with Crippen LogP contribution in [0.5, 0.6) is 0 Å². The molecule has 0 saturated carbocycles. The third-order valence-electron chi connectivity index (χ3n) is 4.62. The molecule has 1 aromatic carbocycles. The third-order valence-corrected chi connectivity index (χ3v) is 4.62. The van der Waals surface area contributed by atoms with Gasteiger partial charge in [-0.15, -0.1) is 0 Å². The Kier molecular flexibility index (Phi) is 8.05. The first-order valence-corrected chi connectivity index (χ1v) is 9.05. The summed E-state index contributed by atoms with van der Waals surface area (Å²) in [6.45, 7) is 7.91. The summed E-state index contributed by atoms with van der Waals surface area (Å²) in [5, 5.41) is 3.48. The maximum atomic E-state index is 4.40. The van der Waals surface area contributed by atoms with Crippen molar-refractivity contribution in [3.05, 3.63) is 35.9 Å². The highest BCUT2D eigenvalue weighted by Gasteiger charge is 2.12. The number of nitrogens with zero attached hydrogens (tertiary/aromatic N) is 4. The molecular formula is C19H33N5. The third kappa shape index (κ3) is 6.49. The Labute approximate surface area is 147 Å². The number of benzene rings is 1. The van der Waals surface area contributed by atoms with Crippen LogP contribution in [0.3, 0.4) is 0 Å². The van der Waals surface area contributed by atoms with E-state index in [0.717, 1.165) is 19.0 Å². The summed E-state index contributed by atoms with van der Waals surface area (Å²) in [4.78, 5) is 11.6. The van der Waals surface area contributed by atoms with Crippen LogP contribution in [0.1, 0.15) is 18.4 Å². The zero-order valence-corrected chi connectivity index (χ0v) is 15.5. The SMILES string of the molecule is CN=C(NCCCCN1CCN(C)CC1)N(C)Cc1ccccc1. The second kappa shape index (κ2) is 10.3. The molecule has 1 aromatic rings. The van der Waals surface area contributed by atoms with Crippen molar-refractivity contribution in [2.24, 2.45) is 4.99 Å². The van der Waals surface area contributed by atoms with Crippen LogP contribution < -0.4 is 5.32 Å². The fourth-order valence-electron chi connectivity index (χ4n) is 3.05. The number of rotatable bonds is 7. The van der Waals surface area contributed by atoms with Crippen LogP contribution in [0.15, 0.2) is 35.3 Å². The number of unbranched alkanes of at least 4 members (excludes halogenated alkanes) is 1. The van der Waals surface area contributed by atoms with Gasteiger partial charge in [-0.2, -0.15) is 0 Å². The van der Waals surface area contributed by atoms with E-state index in [2.05, 4.69) is 69.4 Å². The lowest BCUT2D eigenvalue weighted by molar-refractivity contribution is 0.152. The zero-order valence-electron chi connectivity index (χ0n) is 15.5. The summed E-state index contributed by atoms with van der Waals surface area (Å²) in [6, 6.07) is 10.5. The van der Waals surface area contributed by atoms with E-state index in [1.807, 2.05) is 7.05 Å². The first-order valence-electron chi connectivity index (χ1n) is 9.05. The van der Waals surface area contributed by atoms with Crippen molar-refractivity contribution < 1.29 is 0 Å². The summed E-state index contributed by atoms with van der Waals surface area (Å²) in [7, 11) is 6.15. The minimum atomic E-state index is 0.877. The van der Waals surface area contributed by atoms with Crippen molar-refractivity contribution in [3.63, 3.8) is 0 Å². The molecular weight excluding hydrogens is 298 g/mol. The van der Waals surface area contributed by atoms with Gasteiger partial charge in [-0.25, -0.2) is 0 Å². The Morgan fingerprint density at radius 1 is 1.12 bits per heavy atom. The molecule has 2 rings (SSSR count). The average molecular weight is 332 g/mol. The first-order chi connectivity index (χ1) is 11.7. The first kappa shape index (κ1) is 18.7. The van der Waals surface area contributed by atoms with Crippen LogP contribution in [0.25, 0.3) is 0 Å². The van der Waals surface area contributed by atoms with Crippen LogP contribution in [-0.4, -0.2) is 81.1 Å². The molecule has 134 valence electrons. The Morgan fingerprint density at radius 2 is 1.83 bits per heavy atom. The van der Waals surface area contributed by atoms with Gasteiger partial charge in [-0.1, -0.05) is 30.3 Å². The molecule has 0 unspecified atom stereocenters. The highest BCUT2D eigenvalue weighted by atomic mass is 15.3. The monoisotopic (exact) mass is 331 g/mol. The van der Waals surface area contributed by atoms with E-state index in [4.69, 9.17) is 0 Å². The standard InChI is InChI=1S/C19H33N5/c1-20-19(23(3)17-18-9-5-4-6-10-18)21-11-7-8-12-24-15-13-22(2)14-16-24/h4-6,9-10H,7-8,11-17H2,1-3H3,(H,20,21). The highest BCUT2D eigenvalue weighted by molar-refractivity contribution is 5.79. The second-order valence-electron chi connectivity index (χ2n) is 6.67. The van der Waals surface area contributed by atoms with Crippen LogP contribution in [-0.2, 0) is 6.54 Å². The molecule has 0 atom stereocenters. The number of likely N-dealkylation sites (N-methyl/N-ethyl adjacent to an activating group) is 1. The van der Waals surface area contributed by atoms with Crippen molar-refractivity contribution in [2.45, 2.75) is 19.4 Å². The molecule has 24 heavy (non-hydrogen) atoms. The Balaban J connectivity index is 1.61. The maximum Gasteiger partial charge on any atom is 0.193 e. The number of nitrogens with one attached hydrogen (secondary N) is 1. The number of hydrogen-bond donors (Lipinski definition) is 1. The fraction of sp³-hybridized carbons (Fsp3) is 0.632. The Bertz CT molecular complexity index is 480. The molecule has 1 N–H and O–H groups in total. The molecule has 0 aromatic heterocycles. The smallest absolute Gasteiger partial charge is 0.193 e. The van der Waals surface area contributed by atoms with Gasteiger partial charge in [0.05, 0.1) is 0 Å². The van der Waals surface area contributed by atoms with Gasteiger partial charge in [0, 0.05) is 53.4 Å². The summed E-state index contributed by atoms with van der Waals surface area (Å²) >= 11 is 0. The molecule has 1 fully saturated rings. The van der Waals surface area contributed by atoms with E-state index < -0.39 is 0 Å². The summed E-state index contributed by atoms with van der Waals surface area (Å²) < 4.78 is 0. The van der Waals surface area contributed by atoms with E-state index in [1.165, 1.54) is 51.1 Å². The number of piperazine rings is 1. The van der Waals surface area contributed by atoms with Gasteiger partial charge in [-0.05, 0) is 32.0 Å². The number of guanidine groups is 1. The van der Waals surface area contributed by atoms with Crippen molar-refractivity contribution in [1.82, 2.24) is 20.0 Å². The van der Waals surface area contributed by atoms with Gasteiger partial charge in [-0.3, -0.25) is 4.99 Å². The molecule has 0 aliphatic carbocycles. The molecule has 5 nitrogen and oxygen atoms in total. The molecule has 1 heterocycles. The van der Waals surface area contributed by atoms with Crippen molar-refractivity contribution in [3.8, 4) is 0 Å². The molecule has 0 bridgehead atoms. The molecule has 1 saturated heterocycles. The second-order valence-corrected chi connectivity index (χ2v) is 6.67. The molecule has 1 aliphatic rings. The molecule has 0 radical (unpaired) electrons. The lowest BCUT2D eigenvalue weighted by Crippen LogP contribution is -2.44. The largest absolute Gasteiger partial charge is 0.356 e. The quantitative estimate of drug-likeness (QED) is 0.469. The van der Waals surface area contributed by atoms with Gasteiger partial charge in [0.25, 0.3) is 0 Å². The van der Waals surface area contributed by atoms with Gasteiger partial charge < -0.3 is 20.0 Å². The highest BCUT2D eigenvalue weighted by Crippen LogP contribution is 2.03. The minimum Gasteiger partial charge on any atom is -0.356 e. The summed E-state index contributed by atoms with van der Waals surface area (Å²) in [5.41, 5.74) is 1.30. The number of hydrogen-bond acceptors (Lipinski definition) is 3. The van der Waals surface area contributed by atoms with Crippen LogP contribution in [0.2, 0.25) is 0 Å². The topological polar surface area (TPSA) is 34.1 Å². The van der Waals surface area contributed by atoms with Crippen molar-refractivity contribution in [1.29, 1.82) is 0 Å². The van der Waals surface area contributed by atoms with Crippen LogP contribution in [0, 0.1) is 0 Å². The molecule has 5 heteroatoms. The Morgan fingerprint density at radius 3 is 2.50 bits per heavy atom. The Hall–Kier alpha value is -1.59. The van der Waals surface area contributed by atoms with E-state index in [9.17, 15) is 0 Å². The predicted octanol–water partition coefficient (Wildman–Crippen LogP) is 1.72. The maximum absolute atomic E-state index is 4.40. The normalized spacial score (nSPS) is 17.0. The average Bonchev–Trinajstić information content (AvgIpc) is 2.60. The molecule has 0 amide bonds. The van der Waals surface area contributed by atoms with Gasteiger partial charge in [0.15, 0.2) is 5.96 Å². The van der Waals surface area contributed by atoms with E-state index >= 15 is 0 Å². The molecule has 1 aliphatic heterocycles. The van der Waals surface area contributed by atoms with E-state index in [0.29, 0.717) is 0 Å². The van der Waals surface area contributed by atoms with E-state index in [1.54, 1.807) is 0 Å². The van der Waals surface area contributed by atoms with E-state index in [-0.39, 0.29) is 0 Å². The fourth-order valence-corrected chi connectivity index (χ4v) is 3.05. The van der Waals surface area contributed by atoms with Crippen molar-refractivity contribution in [2.75, 3.05) is 60.4 Å². The van der Waals surface area contributed by atoms with Crippen LogP contribution in [0.4, 0.5) is 0 Å².